The van der Waals surface area contributed by atoms with Crippen LogP contribution in [0.3, 0.4) is 0 Å². The Hall–Kier alpha value is -2.18. The largest absolute Gasteiger partial charge is 0.356 e. The van der Waals surface area contributed by atoms with Gasteiger partial charge >= 0.3 is 0 Å². The van der Waals surface area contributed by atoms with Crippen molar-refractivity contribution < 1.29 is 13.2 Å². The fourth-order valence-electron chi connectivity index (χ4n) is 2.56. The summed E-state index contributed by atoms with van der Waals surface area (Å²) < 4.78 is 27.8. The first-order valence-electron chi connectivity index (χ1n) is 8.85. The Balaban J connectivity index is 1.97. The zero-order valence-electron chi connectivity index (χ0n) is 15.2. The molecular formula is C20H26N2O3S. The maximum atomic E-state index is 12.5. The highest BCUT2D eigenvalue weighted by Gasteiger charge is 2.18. The molecule has 1 amide bonds. The first-order chi connectivity index (χ1) is 12.4. The summed E-state index contributed by atoms with van der Waals surface area (Å²) in [4.78, 5) is 11.9. The highest BCUT2D eigenvalue weighted by atomic mass is 32.2. The summed E-state index contributed by atoms with van der Waals surface area (Å²) in [5.41, 5.74) is 1.84. The molecule has 0 saturated heterocycles. The van der Waals surface area contributed by atoms with E-state index in [1.165, 1.54) is 0 Å². The van der Waals surface area contributed by atoms with Gasteiger partial charge in [0.1, 0.15) is 0 Å². The standard InChI is InChI=1S/C20H26N2O3S/c1-3-15-21-20(23)14-11-17-9-12-19(13-10-17)26(24,25)22-16(2)18-7-5-4-6-8-18/h4-10,12-13,16,22H,3,11,14-15H2,1-2H3,(H,21,23)/t16-/m0/s1. The Morgan fingerprint density at radius 3 is 2.31 bits per heavy atom. The van der Waals surface area contributed by atoms with Crippen LogP contribution in [0.4, 0.5) is 0 Å². The van der Waals surface area contributed by atoms with Crippen molar-refractivity contribution in [1.29, 1.82) is 0 Å². The van der Waals surface area contributed by atoms with E-state index >= 15 is 0 Å². The van der Waals surface area contributed by atoms with Crippen LogP contribution in [-0.2, 0) is 21.2 Å². The quantitative estimate of drug-likeness (QED) is 0.708. The van der Waals surface area contributed by atoms with Crippen LogP contribution in [0.25, 0.3) is 0 Å². The van der Waals surface area contributed by atoms with Crippen molar-refractivity contribution in [3.63, 3.8) is 0 Å². The van der Waals surface area contributed by atoms with Gasteiger partial charge in [-0.25, -0.2) is 13.1 Å². The number of benzene rings is 2. The third-order valence-corrected chi connectivity index (χ3v) is 5.63. The number of sulfonamides is 1. The third kappa shape index (κ3) is 5.97. The molecule has 0 bridgehead atoms. The van der Waals surface area contributed by atoms with E-state index in [0.29, 0.717) is 19.4 Å². The number of hydrogen-bond donors (Lipinski definition) is 2. The molecular weight excluding hydrogens is 348 g/mol. The first kappa shape index (κ1) is 20.1. The van der Waals surface area contributed by atoms with E-state index in [1.54, 1.807) is 24.3 Å². The minimum Gasteiger partial charge on any atom is -0.356 e. The van der Waals surface area contributed by atoms with Gasteiger partial charge in [-0.05, 0) is 43.0 Å². The van der Waals surface area contributed by atoms with E-state index in [9.17, 15) is 13.2 Å². The monoisotopic (exact) mass is 374 g/mol. The van der Waals surface area contributed by atoms with Crippen molar-refractivity contribution in [2.24, 2.45) is 0 Å². The predicted molar refractivity (Wildman–Crippen MR) is 103 cm³/mol. The number of nitrogens with one attached hydrogen (secondary N) is 2. The summed E-state index contributed by atoms with van der Waals surface area (Å²) >= 11 is 0. The highest BCUT2D eigenvalue weighted by Crippen LogP contribution is 2.17. The summed E-state index contributed by atoms with van der Waals surface area (Å²) in [5, 5.41) is 2.83. The van der Waals surface area contributed by atoms with Gasteiger partial charge in [0, 0.05) is 19.0 Å². The number of carbonyl (C=O) groups excluding carboxylic acids is 1. The van der Waals surface area contributed by atoms with Crippen LogP contribution < -0.4 is 10.0 Å². The van der Waals surface area contributed by atoms with Crippen molar-refractivity contribution >= 4 is 15.9 Å². The topological polar surface area (TPSA) is 75.3 Å². The molecule has 2 N–H and O–H groups in total. The minimum absolute atomic E-state index is 0.0156. The molecule has 0 fully saturated rings. The number of amides is 1. The first-order valence-corrected chi connectivity index (χ1v) is 10.3. The van der Waals surface area contributed by atoms with Crippen molar-refractivity contribution in [2.75, 3.05) is 6.54 Å². The second-order valence-electron chi connectivity index (χ2n) is 6.25. The van der Waals surface area contributed by atoms with Crippen LogP contribution in [0.5, 0.6) is 0 Å². The maximum absolute atomic E-state index is 12.5. The lowest BCUT2D eigenvalue weighted by Crippen LogP contribution is -2.26. The molecule has 0 spiro atoms. The zero-order valence-corrected chi connectivity index (χ0v) is 16.1. The van der Waals surface area contributed by atoms with E-state index in [4.69, 9.17) is 0 Å². The second-order valence-corrected chi connectivity index (χ2v) is 7.96. The Kier molecular flexibility index (Phi) is 7.36. The second kappa shape index (κ2) is 9.50. The van der Waals surface area contributed by atoms with Gasteiger partial charge in [0.25, 0.3) is 0 Å². The molecule has 0 saturated carbocycles. The van der Waals surface area contributed by atoms with Crippen molar-refractivity contribution in [3.05, 3.63) is 65.7 Å². The number of hydrogen-bond acceptors (Lipinski definition) is 3. The van der Waals surface area contributed by atoms with E-state index < -0.39 is 10.0 Å². The molecule has 0 aliphatic rings. The van der Waals surface area contributed by atoms with Gasteiger partial charge in [-0.3, -0.25) is 4.79 Å². The van der Waals surface area contributed by atoms with Gasteiger partial charge in [-0.1, -0.05) is 49.4 Å². The zero-order chi connectivity index (χ0) is 19.0. The number of aryl methyl sites for hydroxylation is 1. The fourth-order valence-corrected chi connectivity index (χ4v) is 3.79. The lowest BCUT2D eigenvalue weighted by molar-refractivity contribution is -0.121. The van der Waals surface area contributed by atoms with Crippen LogP contribution in [0.1, 0.15) is 43.9 Å². The third-order valence-electron chi connectivity index (χ3n) is 4.08. The normalized spacial score (nSPS) is 12.5. The van der Waals surface area contributed by atoms with Crippen LogP contribution >= 0.6 is 0 Å². The lowest BCUT2D eigenvalue weighted by Gasteiger charge is -2.15. The Labute approximate surface area is 155 Å². The molecule has 0 aliphatic heterocycles. The Bertz CT molecular complexity index is 803. The molecule has 26 heavy (non-hydrogen) atoms. The molecule has 0 heterocycles. The maximum Gasteiger partial charge on any atom is 0.241 e. The molecule has 5 nitrogen and oxygen atoms in total. The van der Waals surface area contributed by atoms with Crippen LogP contribution in [0.2, 0.25) is 0 Å². The van der Waals surface area contributed by atoms with Gasteiger partial charge in [-0.15, -0.1) is 0 Å². The Morgan fingerprint density at radius 2 is 1.69 bits per heavy atom. The predicted octanol–water partition coefficient (Wildman–Crippen LogP) is 3.18. The highest BCUT2D eigenvalue weighted by molar-refractivity contribution is 7.89. The molecule has 140 valence electrons. The van der Waals surface area contributed by atoms with Gasteiger partial charge < -0.3 is 5.32 Å². The lowest BCUT2D eigenvalue weighted by atomic mass is 10.1. The molecule has 1 atom stereocenters. The molecule has 0 radical (unpaired) electrons. The Morgan fingerprint density at radius 1 is 1.04 bits per heavy atom. The summed E-state index contributed by atoms with van der Waals surface area (Å²) in [7, 11) is -3.60. The van der Waals surface area contributed by atoms with E-state index in [1.807, 2.05) is 44.2 Å². The average molecular weight is 375 g/mol. The van der Waals surface area contributed by atoms with Gasteiger partial charge in [0.15, 0.2) is 0 Å². The number of rotatable bonds is 9. The smallest absolute Gasteiger partial charge is 0.241 e. The molecule has 2 aromatic carbocycles. The fraction of sp³-hybridized carbons (Fsp3) is 0.350. The molecule has 6 heteroatoms. The average Bonchev–Trinajstić information content (AvgIpc) is 2.65. The van der Waals surface area contributed by atoms with Crippen LogP contribution in [0, 0.1) is 0 Å². The van der Waals surface area contributed by atoms with E-state index in [2.05, 4.69) is 10.0 Å². The minimum atomic E-state index is -3.60. The van der Waals surface area contributed by atoms with Gasteiger partial charge in [0.2, 0.25) is 15.9 Å². The van der Waals surface area contributed by atoms with Gasteiger partial charge in [-0.2, -0.15) is 0 Å². The van der Waals surface area contributed by atoms with E-state index in [-0.39, 0.29) is 16.8 Å². The summed E-state index contributed by atoms with van der Waals surface area (Å²) in [6.07, 6.45) is 1.89. The number of carbonyl (C=O) groups is 1. The van der Waals surface area contributed by atoms with Crippen molar-refractivity contribution in [1.82, 2.24) is 10.0 Å². The molecule has 2 rings (SSSR count). The van der Waals surface area contributed by atoms with E-state index in [0.717, 1.165) is 17.5 Å². The summed E-state index contributed by atoms with van der Waals surface area (Å²) in [6.45, 7) is 4.50. The molecule has 0 aromatic heterocycles. The van der Waals surface area contributed by atoms with Gasteiger partial charge in [0.05, 0.1) is 4.90 Å². The van der Waals surface area contributed by atoms with Crippen molar-refractivity contribution in [2.45, 2.75) is 44.0 Å². The summed E-state index contributed by atoms with van der Waals surface area (Å²) in [5.74, 6) is 0.0156. The molecule has 0 aliphatic carbocycles. The molecule has 0 unspecified atom stereocenters. The van der Waals surface area contributed by atoms with Crippen LogP contribution in [-0.4, -0.2) is 20.9 Å². The van der Waals surface area contributed by atoms with Crippen LogP contribution in [0.15, 0.2) is 59.5 Å². The summed E-state index contributed by atoms with van der Waals surface area (Å²) in [6, 6.07) is 15.8. The SMILES string of the molecule is CCCNC(=O)CCc1ccc(S(=O)(=O)N[C@@H](C)c2ccccc2)cc1. The molecule has 2 aromatic rings. The van der Waals surface area contributed by atoms with Crippen molar-refractivity contribution in [3.8, 4) is 0 Å².